The lowest BCUT2D eigenvalue weighted by molar-refractivity contribution is -0.119. The van der Waals surface area contributed by atoms with Crippen LogP contribution in [-0.2, 0) is 11.2 Å². The van der Waals surface area contributed by atoms with Gasteiger partial charge in [0.15, 0.2) is 0 Å². The molecule has 4 heteroatoms. The summed E-state index contributed by atoms with van der Waals surface area (Å²) in [5.74, 6) is 0.222. The Bertz CT molecular complexity index is 468. The van der Waals surface area contributed by atoms with Crippen molar-refractivity contribution in [2.75, 3.05) is 38.1 Å². The van der Waals surface area contributed by atoms with Crippen LogP contribution in [0, 0.1) is 0 Å². The van der Waals surface area contributed by atoms with Gasteiger partial charge in [0.25, 0.3) is 0 Å². The summed E-state index contributed by atoms with van der Waals surface area (Å²) in [5.41, 5.74) is 2.39. The Labute approximate surface area is 114 Å². The molecule has 1 aromatic rings. The molecule has 1 amide bonds. The highest BCUT2D eigenvalue weighted by Crippen LogP contribution is 2.27. The summed E-state index contributed by atoms with van der Waals surface area (Å²) >= 11 is 0. The zero-order valence-corrected chi connectivity index (χ0v) is 11.4. The number of rotatable bonds is 3. The molecule has 0 aromatic heterocycles. The summed E-state index contributed by atoms with van der Waals surface area (Å²) in [6.45, 7) is 3.41. The van der Waals surface area contributed by atoms with Crippen molar-refractivity contribution in [3.05, 3.63) is 29.8 Å². The topological polar surface area (TPSA) is 35.6 Å². The van der Waals surface area contributed by atoms with E-state index in [0.29, 0.717) is 12.6 Å². The Morgan fingerprint density at radius 2 is 2.32 bits per heavy atom. The Balaban J connectivity index is 1.65. The summed E-state index contributed by atoms with van der Waals surface area (Å²) in [4.78, 5) is 16.6. The summed E-state index contributed by atoms with van der Waals surface area (Å²) in [6.07, 6.45) is 2.12. The first kappa shape index (κ1) is 12.6. The number of para-hydroxylation sites is 1. The second-order valence-corrected chi connectivity index (χ2v) is 5.49. The second-order valence-electron chi connectivity index (χ2n) is 5.49. The first-order valence-electron chi connectivity index (χ1n) is 7.05. The number of hydrogen-bond acceptors (Lipinski definition) is 3. The smallest absolute Gasteiger partial charge is 0.241 e. The predicted molar refractivity (Wildman–Crippen MR) is 76.4 cm³/mol. The lowest BCUT2D eigenvalue weighted by Gasteiger charge is -2.26. The molecule has 4 nitrogen and oxygen atoms in total. The van der Waals surface area contributed by atoms with E-state index in [1.54, 1.807) is 0 Å². The number of nitrogens with one attached hydrogen (secondary N) is 1. The monoisotopic (exact) mass is 259 g/mol. The molecule has 1 saturated heterocycles. The second kappa shape index (κ2) is 5.31. The average Bonchev–Trinajstić information content (AvgIpc) is 3.08. The molecule has 1 fully saturated rings. The number of carbonyl (C=O) groups excluding carboxylic acids is 1. The summed E-state index contributed by atoms with van der Waals surface area (Å²) in [7, 11) is 2.05. The van der Waals surface area contributed by atoms with Crippen molar-refractivity contribution in [3.8, 4) is 0 Å². The van der Waals surface area contributed by atoms with E-state index in [0.717, 1.165) is 38.2 Å². The van der Waals surface area contributed by atoms with Gasteiger partial charge in [-0.3, -0.25) is 9.69 Å². The molecule has 1 unspecified atom stereocenters. The first-order chi connectivity index (χ1) is 9.25. The third kappa shape index (κ3) is 2.51. The van der Waals surface area contributed by atoms with Gasteiger partial charge in [-0.05, 0) is 38.1 Å². The van der Waals surface area contributed by atoms with Gasteiger partial charge in [0.05, 0.1) is 6.54 Å². The number of amides is 1. The molecule has 19 heavy (non-hydrogen) atoms. The van der Waals surface area contributed by atoms with Crippen molar-refractivity contribution >= 4 is 11.6 Å². The fourth-order valence-corrected chi connectivity index (χ4v) is 3.04. The minimum Gasteiger partial charge on any atom is -0.315 e. The van der Waals surface area contributed by atoms with E-state index in [1.807, 2.05) is 17.0 Å². The van der Waals surface area contributed by atoms with Gasteiger partial charge in [0.1, 0.15) is 0 Å². The third-order valence-electron chi connectivity index (χ3n) is 4.23. The Morgan fingerprint density at radius 1 is 1.47 bits per heavy atom. The maximum Gasteiger partial charge on any atom is 0.241 e. The molecule has 0 aliphatic carbocycles. The molecule has 0 saturated carbocycles. The SMILES string of the molecule is CN(CC(=O)N1CCc2ccccc21)C1CCNC1. The van der Waals surface area contributed by atoms with Crippen LogP contribution in [0.25, 0.3) is 0 Å². The van der Waals surface area contributed by atoms with Gasteiger partial charge < -0.3 is 10.2 Å². The molecule has 102 valence electrons. The fraction of sp³-hybridized carbons (Fsp3) is 0.533. The number of hydrogen-bond donors (Lipinski definition) is 1. The third-order valence-corrected chi connectivity index (χ3v) is 4.23. The van der Waals surface area contributed by atoms with Crippen molar-refractivity contribution in [2.45, 2.75) is 18.9 Å². The minimum atomic E-state index is 0.222. The van der Waals surface area contributed by atoms with Gasteiger partial charge in [-0.25, -0.2) is 0 Å². The summed E-state index contributed by atoms with van der Waals surface area (Å²) in [6, 6.07) is 8.73. The Kier molecular flexibility index (Phi) is 3.53. The fourth-order valence-electron chi connectivity index (χ4n) is 3.04. The van der Waals surface area contributed by atoms with Crippen LogP contribution in [0.4, 0.5) is 5.69 Å². The van der Waals surface area contributed by atoms with Crippen LogP contribution in [0.2, 0.25) is 0 Å². The highest BCUT2D eigenvalue weighted by atomic mass is 16.2. The van der Waals surface area contributed by atoms with Crippen LogP contribution in [0.5, 0.6) is 0 Å². The lowest BCUT2D eigenvalue weighted by Crippen LogP contribution is -2.43. The van der Waals surface area contributed by atoms with Gasteiger partial charge in [-0.1, -0.05) is 18.2 Å². The zero-order chi connectivity index (χ0) is 13.2. The van der Waals surface area contributed by atoms with Gasteiger partial charge in [-0.2, -0.15) is 0 Å². The minimum absolute atomic E-state index is 0.222. The Hall–Kier alpha value is -1.39. The maximum absolute atomic E-state index is 12.4. The number of fused-ring (bicyclic) bond motifs is 1. The van der Waals surface area contributed by atoms with Gasteiger partial charge in [-0.15, -0.1) is 0 Å². The van der Waals surface area contributed by atoms with Crippen LogP contribution in [0.15, 0.2) is 24.3 Å². The largest absolute Gasteiger partial charge is 0.315 e. The summed E-state index contributed by atoms with van der Waals surface area (Å²) < 4.78 is 0. The molecular formula is C15H21N3O. The normalized spacial score (nSPS) is 22.0. The van der Waals surface area contributed by atoms with Gasteiger partial charge in [0.2, 0.25) is 5.91 Å². The molecule has 0 bridgehead atoms. The van der Waals surface area contributed by atoms with E-state index < -0.39 is 0 Å². The van der Waals surface area contributed by atoms with Crippen molar-refractivity contribution < 1.29 is 4.79 Å². The highest BCUT2D eigenvalue weighted by molar-refractivity contribution is 5.96. The quantitative estimate of drug-likeness (QED) is 0.875. The van der Waals surface area contributed by atoms with E-state index in [1.165, 1.54) is 5.56 Å². The van der Waals surface area contributed by atoms with Crippen molar-refractivity contribution in [3.63, 3.8) is 0 Å². The van der Waals surface area contributed by atoms with Crippen LogP contribution < -0.4 is 10.2 Å². The van der Waals surface area contributed by atoms with Gasteiger partial charge in [0, 0.05) is 24.8 Å². The molecule has 1 atom stereocenters. The summed E-state index contributed by atoms with van der Waals surface area (Å²) in [5, 5.41) is 3.35. The van der Waals surface area contributed by atoms with E-state index >= 15 is 0 Å². The van der Waals surface area contributed by atoms with E-state index in [2.05, 4.69) is 29.4 Å². The molecule has 0 radical (unpaired) electrons. The van der Waals surface area contributed by atoms with Crippen LogP contribution in [0.1, 0.15) is 12.0 Å². The molecule has 1 N–H and O–H groups in total. The molecule has 0 spiro atoms. The van der Waals surface area contributed by atoms with Crippen molar-refractivity contribution in [2.24, 2.45) is 0 Å². The van der Waals surface area contributed by atoms with E-state index in [-0.39, 0.29) is 5.91 Å². The molecule has 2 aliphatic heterocycles. The first-order valence-corrected chi connectivity index (χ1v) is 7.05. The average molecular weight is 259 g/mol. The van der Waals surface area contributed by atoms with E-state index in [9.17, 15) is 4.79 Å². The van der Waals surface area contributed by atoms with Crippen molar-refractivity contribution in [1.29, 1.82) is 0 Å². The van der Waals surface area contributed by atoms with Gasteiger partial charge >= 0.3 is 0 Å². The highest BCUT2D eigenvalue weighted by Gasteiger charge is 2.27. The number of anilines is 1. The number of likely N-dealkylation sites (N-methyl/N-ethyl adjacent to an activating group) is 1. The van der Waals surface area contributed by atoms with E-state index in [4.69, 9.17) is 0 Å². The zero-order valence-electron chi connectivity index (χ0n) is 11.4. The number of nitrogens with zero attached hydrogens (tertiary/aromatic N) is 2. The Morgan fingerprint density at radius 3 is 3.11 bits per heavy atom. The molecule has 3 rings (SSSR count). The molecule has 2 heterocycles. The standard InChI is InChI=1S/C15H21N3O/c1-17(13-6-8-16-10-13)11-15(19)18-9-7-12-4-2-3-5-14(12)18/h2-5,13,16H,6-11H2,1H3. The predicted octanol–water partition coefficient (Wildman–Crippen LogP) is 0.869. The number of benzene rings is 1. The molecule has 1 aromatic carbocycles. The molecule has 2 aliphatic rings. The lowest BCUT2D eigenvalue weighted by atomic mass is 10.2. The van der Waals surface area contributed by atoms with Crippen LogP contribution >= 0.6 is 0 Å². The van der Waals surface area contributed by atoms with Crippen LogP contribution in [0.3, 0.4) is 0 Å². The van der Waals surface area contributed by atoms with Crippen LogP contribution in [-0.4, -0.2) is 50.1 Å². The molecular weight excluding hydrogens is 238 g/mol. The number of carbonyl (C=O) groups is 1. The maximum atomic E-state index is 12.4. The van der Waals surface area contributed by atoms with Crippen molar-refractivity contribution in [1.82, 2.24) is 10.2 Å².